The van der Waals surface area contributed by atoms with E-state index in [1.165, 1.54) is 17.3 Å². The van der Waals surface area contributed by atoms with Gasteiger partial charge in [-0.2, -0.15) is 4.98 Å². The molecule has 2 heterocycles. The molecule has 188 valence electrons. The Labute approximate surface area is 208 Å². The fourth-order valence-electron chi connectivity index (χ4n) is 3.96. The second-order valence-electron chi connectivity index (χ2n) is 8.54. The molecule has 1 aliphatic heterocycles. The second-order valence-corrected chi connectivity index (χ2v) is 8.95. The van der Waals surface area contributed by atoms with Crippen molar-refractivity contribution in [2.24, 2.45) is 5.73 Å². The highest BCUT2D eigenvalue weighted by Gasteiger charge is 2.48. The van der Waals surface area contributed by atoms with Gasteiger partial charge in [-0.3, -0.25) is 4.79 Å². The fourth-order valence-corrected chi connectivity index (χ4v) is 4.10. The second kappa shape index (κ2) is 10.6. The molecule has 2 aromatic rings. The largest absolute Gasteiger partial charge is 0.495 e. The SMILES string of the molecule is COCCN1CCc2cc(Nc3ncc(Cl)c(NC4(OC(=O)C(N)=O)CC4)n3)c(OC)cc2CC1. The maximum atomic E-state index is 11.6. The molecule has 0 saturated heterocycles. The predicted molar refractivity (Wildman–Crippen MR) is 130 cm³/mol. The zero-order chi connectivity index (χ0) is 25.0. The number of benzene rings is 1. The third kappa shape index (κ3) is 6.11. The van der Waals surface area contributed by atoms with E-state index < -0.39 is 17.6 Å². The molecule has 1 amide bonds. The average Bonchev–Trinajstić information content (AvgIpc) is 3.62. The number of primary amides is 1. The molecule has 0 spiro atoms. The van der Waals surface area contributed by atoms with E-state index in [4.69, 9.17) is 31.5 Å². The van der Waals surface area contributed by atoms with E-state index in [2.05, 4.69) is 37.6 Å². The van der Waals surface area contributed by atoms with Gasteiger partial charge in [0.15, 0.2) is 11.5 Å². The van der Waals surface area contributed by atoms with Gasteiger partial charge in [0.1, 0.15) is 10.8 Å². The molecule has 1 aromatic carbocycles. The summed E-state index contributed by atoms with van der Waals surface area (Å²) in [7, 11) is 3.33. The lowest BCUT2D eigenvalue weighted by Gasteiger charge is -2.19. The number of rotatable bonds is 9. The lowest BCUT2D eigenvalue weighted by atomic mass is 10.0. The molecule has 1 aliphatic carbocycles. The van der Waals surface area contributed by atoms with Gasteiger partial charge >= 0.3 is 11.9 Å². The first kappa shape index (κ1) is 25.0. The van der Waals surface area contributed by atoms with Crippen molar-refractivity contribution in [3.8, 4) is 5.75 Å². The third-order valence-corrected chi connectivity index (χ3v) is 6.33. The molecule has 0 radical (unpaired) electrons. The maximum Gasteiger partial charge on any atom is 0.398 e. The summed E-state index contributed by atoms with van der Waals surface area (Å²) in [5, 5.41) is 6.45. The molecule has 11 nitrogen and oxygen atoms in total. The van der Waals surface area contributed by atoms with Crippen LogP contribution in [0.15, 0.2) is 18.3 Å². The molecule has 1 fully saturated rings. The molecular weight excluding hydrogens is 476 g/mol. The van der Waals surface area contributed by atoms with Crippen LogP contribution < -0.4 is 21.1 Å². The minimum Gasteiger partial charge on any atom is -0.495 e. The zero-order valence-electron chi connectivity index (χ0n) is 19.7. The minimum absolute atomic E-state index is 0.238. The van der Waals surface area contributed by atoms with Crippen LogP contribution >= 0.6 is 11.6 Å². The number of nitrogens with zero attached hydrogens (tertiary/aromatic N) is 3. The van der Waals surface area contributed by atoms with Gasteiger partial charge in [-0.05, 0) is 36.1 Å². The Morgan fingerprint density at radius 3 is 2.54 bits per heavy atom. The van der Waals surface area contributed by atoms with E-state index >= 15 is 0 Å². The number of hydrogen-bond acceptors (Lipinski definition) is 10. The predicted octanol–water partition coefficient (Wildman–Crippen LogP) is 1.86. The van der Waals surface area contributed by atoms with Crippen molar-refractivity contribution in [3.05, 3.63) is 34.5 Å². The van der Waals surface area contributed by atoms with Crippen molar-refractivity contribution >= 4 is 40.9 Å². The number of anilines is 3. The van der Waals surface area contributed by atoms with Crippen molar-refractivity contribution in [2.75, 3.05) is 51.1 Å². The van der Waals surface area contributed by atoms with Gasteiger partial charge < -0.3 is 35.5 Å². The van der Waals surface area contributed by atoms with E-state index in [1.54, 1.807) is 14.2 Å². The Kier molecular flexibility index (Phi) is 7.58. The average molecular weight is 505 g/mol. The van der Waals surface area contributed by atoms with Crippen LogP contribution in [0, 0.1) is 0 Å². The van der Waals surface area contributed by atoms with Crippen molar-refractivity contribution in [2.45, 2.75) is 31.4 Å². The number of aromatic nitrogens is 2. The number of amides is 1. The number of esters is 1. The van der Waals surface area contributed by atoms with Gasteiger partial charge in [0.05, 0.1) is 25.6 Å². The van der Waals surface area contributed by atoms with Crippen LogP contribution in [0.3, 0.4) is 0 Å². The van der Waals surface area contributed by atoms with Gasteiger partial charge in [-0.25, -0.2) is 9.78 Å². The van der Waals surface area contributed by atoms with Crippen LogP contribution in [0.2, 0.25) is 5.02 Å². The number of carbonyl (C=O) groups is 2. The Balaban J connectivity index is 1.51. The molecule has 0 bridgehead atoms. The molecule has 2 aliphatic rings. The number of hydrogen-bond donors (Lipinski definition) is 3. The Morgan fingerprint density at radius 2 is 1.91 bits per heavy atom. The number of ether oxygens (including phenoxy) is 3. The van der Waals surface area contributed by atoms with Crippen LogP contribution in [0.4, 0.5) is 17.5 Å². The van der Waals surface area contributed by atoms with E-state index in [0.717, 1.165) is 38.2 Å². The number of nitrogens with two attached hydrogens (primary N) is 1. The van der Waals surface area contributed by atoms with Gasteiger partial charge in [0, 0.05) is 39.6 Å². The summed E-state index contributed by atoms with van der Waals surface area (Å²) in [5.41, 5.74) is 7.15. The molecule has 1 saturated carbocycles. The molecule has 1 aromatic heterocycles. The van der Waals surface area contributed by atoms with Crippen LogP contribution in [-0.4, -0.2) is 72.9 Å². The summed E-state index contributed by atoms with van der Waals surface area (Å²) in [6.45, 7) is 3.51. The Morgan fingerprint density at radius 1 is 1.20 bits per heavy atom. The molecule has 12 heteroatoms. The normalized spacial score (nSPS) is 16.5. The molecule has 4 N–H and O–H groups in total. The highest BCUT2D eigenvalue weighted by molar-refractivity contribution is 6.33. The summed E-state index contributed by atoms with van der Waals surface area (Å²) < 4.78 is 16.0. The van der Waals surface area contributed by atoms with Crippen molar-refractivity contribution in [1.29, 1.82) is 0 Å². The topological polar surface area (TPSA) is 141 Å². The molecule has 0 unspecified atom stereocenters. The minimum atomic E-state index is -1.16. The number of fused-ring (bicyclic) bond motifs is 1. The van der Waals surface area contributed by atoms with Crippen molar-refractivity contribution in [3.63, 3.8) is 0 Å². The summed E-state index contributed by atoms with van der Waals surface area (Å²) >= 11 is 6.27. The van der Waals surface area contributed by atoms with Gasteiger partial charge in [-0.15, -0.1) is 0 Å². The number of nitrogens with one attached hydrogen (secondary N) is 2. The van der Waals surface area contributed by atoms with Crippen LogP contribution in [0.1, 0.15) is 24.0 Å². The maximum absolute atomic E-state index is 11.6. The van der Waals surface area contributed by atoms with E-state index in [9.17, 15) is 9.59 Å². The van der Waals surface area contributed by atoms with Crippen LogP contribution in [0.25, 0.3) is 0 Å². The number of carbonyl (C=O) groups excluding carboxylic acids is 2. The quantitative estimate of drug-likeness (QED) is 0.263. The standard InChI is InChI=1S/C23H29ClN6O5/c1-33-10-9-30-7-3-14-11-17(18(34-2)12-15(14)4-8-30)27-22-26-13-16(24)20(28-22)29-23(5-6-23)35-21(32)19(25)31/h11-13H,3-10H2,1-2H3,(H2,25,31)(H2,26,27,28,29). The Bertz CT molecular complexity index is 1110. The summed E-state index contributed by atoms with van der Waals surface area (Å²) in [4.78, 5) is 33.8. The Hall–Kier alpha value is -3.15. The summed E-state index contributed by atoms with van der Waals surface area (Å²) in [5.74, 6) is -1.06. The monoisotopic (exact) mass is 504 g/mol. The lowest BCUT2D eigenvalue weighted by Crippen LogP contribution is -2.35. The molecule has 0 atom stereocenters. The number of methoxy groups -OCH3 is 2. The van der Waals surface area contributed by atoms with Gasteiger partial charge in [0.25, 0.3) is 0 Å². The first-order valence-electron chi connectivity index (χ1n) is 11.3. The lowest BCUT2D eigenvalue weighted by molar-refractivity contribution is -0.158. The fraction of sp³-hybridized carbons (Fsp3) is 0.478. The van der Waals surface area contributed by atoms with Gasteiger partial charge in [-0.1, -0.05) is 11.6 Å². The van der Waals surface area contributed by atoms with Crippen LogP contribution in [-0.2, 0) is 31.9 Å². The molecular formula is C23H29ClN6O5. The van der Waals surface area contributed by atoms with Crippen molar-refractivity contribution in [1.82, 2.24) is 14.9 Å². The summed E-state index contributed by atoms with van der Waals surface area (Å²) in [6, 6.07) is 4.12. The first-order valence-corrected chi connectivity index (χ1v) is 11.7. The third-order valence-electron chi connectivity index (χ3n) is 6.06. The number of halogens is 1. The molecule has 4 rings (SSSR count). The molecule has 35 heavy (non-hydrogen) atoms. The zero-order valence-corrected chi connectivity index (χ0v) is 20.5. The van der Waals surface area contributed by atoms with E-state index in [-0.39, 0.29) is 16.8 Å². The van der Waals surface area contributed by atoms with E-state index in [1.807, 2.05) is 0 Å². The summed E-state index contributed by atoms with van der Waals surface area (Å²) in [6.07, 6.45) is 4.26. The smallest absolute Gasteiger partial charge is 0.398 e. The van der Waals surface area contributed by atoms with Crippen LogP contribution in [0.5, 0.6) is 5.75 Å². The highest BCUT2D eigenvalue weighted by atomic mass is 35.5. The van der Waals surface area contributed by atoms with Gasteiger partial charge in [0.2, 0.25) is 5.95 Å². The van der Waals surface area contributed by atoms with Crippen molar-refractivity contribution < 1.29 is 23.8 Å². The van der Waals surface area contributed by atoms with E-state index in [0.29, 0.717) is 25.2 Å². The first-order chi connectivity index (χ1) is 16.8. The highest BCUT2D eigenvalue weighted by Crippen LogP contribution is 2.41.